The maximum absolute atomic E-state index is 13.2. The van der Waals surface area contributed by atoms with Gasteiger partial charge in [-0.2, -0.15) is 0 Å². The second-order valence-electron chi connectivity index (χ2n) is 20.8. The molecule has 0 aliphatic heterocycles. The minimum Gasteiger partial charge on any atom is -0.545 e. The van der Waals surface area contributed by atoms with E-state index in [1.807, 2.05) is 167 Å². The molecule has 0 aliphatic carbocycles. The average Bonchev–Trinajstić information content (AvgIpc) is 1.35. The summed E-state index contributed by atoms with van der Waals surface area (Å²) in [6.07, 6.45) is 6.36. The molecule has 456 valence electrons. The second kappa shape index (κ2) is 32.7. The van der Waals surface area contributed by atoms with Gasteiger partial charge in [0.2, 0.25) is 0 Å². The first-order valence-electron chi connectivity index (χ1n) is 29.2. The summed E-state index contributed by atoms with van der Waals surface area (Å²) in [5.41, 5.74) is 20.6. The van der Waals surface area contributed by atoms with Crippen LogP contribution in [0.15, 0.2) is 225 Å². The summed E-state index contributed by atoms with van der Waals surface area (Å²) in [5.74, 6) is -3.13. The van der Waals surface area contributed by atoms with Crippen LogP contribution in [0.4, 0.5) is 34.1 Å². The first-order chi connectivity index (χ1) is 43.6. The predicted molar refractivity (Wildman–Crippen MR) is 359 cm³/mol. The van der Waals surface area contributed by atoms with Crippen molar-refractivity contribution in [2.24, 2.45) is 0 Å². The van der Waals surface area contributed by atoms with Crippen LogP contribution in [0.25, 0.3) is 55.6 Å². The number of aromatic nitrogens is 2. The Kier molecular flexibility index (Phi) is 24.5. The number of para-hydroxylation sites is 3. The van der Waals surface area contributed by atoms with Gasteiger partial charge in [-0.15, -0.1) is 0 Å². The summed E-state index contributed by atoms with van der Waals surface area (Å²) in [6, 6.07) is 62.5. The Morgan fingerprint density at radius 1 is 0.418 bits per heavy atom. The number of carboxylic acids is 1. The van der Waals surface area contributed by atoms with E-state index in [0.717, 1.165) is 92.3 Å². The van der Waals surface area contributed by atoms with Crippen molar-refractivity contribution in [3.05, 3.63) is 253 Å². The molecule has 2 heterocycles. The standard InChI is InChI=1S/C29H27N3O3.C28H25N3O3.C17H20N2O2.Na/c1-4-32(2)27-13-9-8-12-24(27)21-14-15-25(29(34)35-3)26(17-21)31-28(33)23-16-22(18-30-19-23)20-10-6-5-7-11-20;1-3-31(2)26-12-8-7-11-23(26)20-13-14-24(28(33)34)25(16-20)30-27(32)22-15-21(17-29-18-22)19-9-5-4-6-10-19;1-4-19(2)16-8-6-5-7-13(16)12-9-10-14(15(18)11-12)17(20)21-3;/h5-19H,4H2,1-3H3,(H,31,33);4-18H,3H2,1-2H3,(H,30,32)(H,33,34);5-11H,4,18H2,1-3H3;/q;;;+1/p-1. The van der Waals surface area contributed by atoms with Gasteiger partial charge in [0.25, 0.3) is 11.8 Å². The number of nitrogens with two attached hydrogens (primary N) is 1. The summed E-state index contributed by atoms with van der Waals surface area (Å²) in [7, 11) is 8.73. The van der Waals surface area contributed by atoms with Gasteiger partial charge in [0.15, 0.2) is 0 Å². The van der Waals surface area contributed by atoms with Crippen LogP contribution in [0.1, 0.15) is 72.6 Å². The maximum atomic E-state index is 13.2. The molecule has 2 amide bonds. The van der Waals surface area contributed by atoms with E-state index in [-0.39, 0.29) is 52.3 Å². The number of nitrogens with one attached hydrogen (secondary N) is 2. The molecule has 16 nitrogen and oxygen atoms in total. The van der Waals surface area contributed by atoms with E-state index in [1.54, 1.807) is 54.9 Å². The molecule has 8 aromatic carbocycles. The molecule has 0 radical (unpaired) electrons. The third-order valence-electron chi connectivity index (χ3n) is 15.1. The molecule has 0 aliphatic rings. The predicted octanol–water partition coefficient (Wildman–Crippen LogP) is 10.6. The minimum atomic E-state index is -1.36. The molecule has 4 N–H and O–H groups in total. The summed E-state index contributed by atoms with van der Waals surface area (Å²) >= 11 is 0. The molecule has 17 heteroatoms. The summed E-state index contributed by atoms with van der Waals surface area (Å²) < 4.78 is 9.67. The maximum Gasteiger partial charge on any atom is 1.00 e. The van der Waals surface area contributed by atoms with Crippen LogP contribution in [-0.4, -0.2) is 94.7 Å². The molecule has 10 aromatic rings. The number of nitrogen functional groups attached to an aromatic ring is 1. The SMILES string of the molecule is CCN(C)c1ccccc1-c1ccc(C(=O)OC)c(N)c1.CCN(C)c1ccccc1-c1ccc(C(=O)OC)c(NC(=O)c2cncc(-c3ccccc3)c2)c1.CCN(C)c1ccccc1-c1ccc(C(=O)[O-])c(NC(=O)c2cncc(-c3ccccc3)c2)c1.[Na+]. The molecular weight excluding hydrogens is 1150 g/mol. The Morgan fingerprint density at radius 3 is 1.13 bits per heavy atom. The number of ether oxygens (including phenoxy) is 2. The van der Waals surface area contributed by atoms with Crippen molar-refractivity contribution in [3.8, 4) is 55.6 Å². The Balaban J connectivity index is 0.000000199. The Bertz CT molecular complexity index is 4170. The number of hydrogen-bond acceptors (Lipinski definition) is 14. The third-order valence-corrected chi connectivity index (χ3v) is 15.1. The number of pyridine rings is 2. The molecular formula is C74H71N8NaO8. The van der Waals surface area contributed by atoms with Crippen LogP contribution in [0.5, 0.6) is 0 Å². The van der Waals surface area contributed by atoms with Crippen molar-refractivity contribution in [1.82, 2.24) is 9.97 Å². The number of rotatable bonds is 18. The van der Waals surface area contributed by atoms with Crippen LogP contribution in [0, 0.1) is 0 Å². The van der Waals surface area contributed by atoms with Crippen molar-refractivity contribution < 1.29 is 68.1 Å². The van der Waals surface area contributed by atoms with E-state index in [1.165, 1.54) is 32.7 Å². The fourth-order valence-corrected chi connectivity index (χ4v) is 9.88. The van der Waals surface area contributed by atoms with E-state index in [2.05, 4.69) is 62.1 Å². The van der Waals surface area contributed by atoms with Crippen molar-refractivity contribution in [1.29, 1.82) is 0 Å². The average molecular weight is 1220 g/mol. The van der Waals surface area contributed by atoms with Gasteiger partial charge in [-0.3, -0.25) is 19.6 Å². The number of methoxy groups -OCH3 is 2. The first kappa shape index (κ1) is 68.1. The van der Waals surface area contributed by atoms with Crippen LogP contribution in [-0.2, 0) is 9.47 Å². The Hall–Kier alpha value is -10.4. The molecule has 0 atom stereocenters. The number of carboxylic acid groups (broad SMARTS) is 1. The van der Waals surface area contributed by atoms with Gasteiger partial charge in [-0.05, 0) is 109 Å². The van der Waals surface area contributed by atoms with E-state index < -0.39 is 23.8 Å². The molecule has 0 fully saturated rings. The van der Waals surface area contributed by atoms with Crippen LogP contribution < -0.4 is 65.7 Å². The van der Waals surface area contributed by atoms with Crippen LogP contribution in [0.2, 0.25) is 0 Å². The molecule has 2 aromatic heterocycles. The van der Waals surface area contributed by atoms with Crippen molar-refractivity contribution in [2.75, 3.05) is 86.1 Å². The number of nitrogens with zero attached hydrogens (tertiary/aromatic N) is 5. The molecule has 0 unspecified atom stereocenters. The molecule has 10 rings (SSSR count). The van der Waals surface area contributed by atoms with Gasteiger partial charge >= 0.3 is 41.5 Å². The fraction of sp³-hybridized carbons (Fsp3) is 0.149. The van der Waals surface area contributed by atoms with E-state index in [9.17, 15) is 29.1 Å². The van der Waals surface area contributed by atoms with Gasteiger partial charge in [-0.1, -0.05) is 140 Å². The Labute approximate surface area is 553 Å². The minimum absolute atomic E-state index is 0. The topological polar surface area (TPSA) is 212 Å². The molecule has 0 spiro atoms. The van der Waals surface area contributed by atoms with Crippen molar-refractivity contribution >= 4 is 63.8 Å². The number of anilines is 6. The van der Waals surface area contributed by atoms with Gasteiger partial charge < -0.3 is 50.4 Å². The molecule has 91 heavy (non-hydrogen) atoms. The quantitative estimate of drug-likeness (QED) is 0.0414. The molecule has 0 saturated heterocycles. The monoisotopic (exact) mass is 1220 g/mol. The number of aromatic carboxylic acids is 1. The van der Waals surface area contributed by atoms with E-state index in [4.69, 9.17) is 15.2 Å². The number of hydrogen-bond donors (Lipinski definition) is 3. The summed E-state index contributed by atoms with van der Waals surface area (Å²) in [5, 5.41) is 17.4. The van der Waals surface area contributed by atoms with Gasteiger partial charge in [0.1, 0.15) is 0 Å². The normalized spacial score (nSPS) is 10.3. The number of amides is 2. The number of carbonyl (C=O) groups is 5. The number of benzene rings is 8. The van der Waals surface area contributed by atoms with Gasteiger partial charge in [0, 0.05) is 122 Å². The number of carbonyl (C=O) groups excluding carboxylic acids is 5. The smallest absolute Gasteiger partial charge is 0.545 e. The van der Waals surface area contributed by atoms with Gasteiger partial charge in [-0.25, -0.2) is 9.59 Å². The second-order valence-corrected chi connectivity index (χ2v) is 20.8. The zero-order valence-corrected chi connectivity index (χ0v) is 54.6. The van der Waals surface area contributed by atoms with Crippen LogP contribution >= 0.6 is 0 Å². The first-order valence-corrected chi connectivity index (χ1v) is 29.2. The largest absolute Gasteiger partial charge is 1.00 e. The summed E-state index contributed by atoms with van der Waals surface area (Å²) in [4.78, 5) is 77.0. The zero-order valence-electron chi connectivity index (χ0n) is 52.6. The Morgan fingerprint density at radius 2 is 0.758 bits per heavy atom. The zero-order chi connectivity index (χ0) is 64.3. The summed E-state index contributed by atoms with van der Waals surface area (Å²) in [6.45, 7) is 8.80. The van der Waals surface area contributed by atoms with Crippen LogP contribution in [0.3, 0.4) is 0 Å². The van der Waals surface area contributed by atoms with E-state index >= 15 is 0 Å². The third kappa shape index (κ3) is 17.1. The fourth-order valence-electron chi connectivity index (χ4n) is 9.88. The van der Waals surface area contributed by atoms with E-state index in [0.29, 0.717) is 28.1 Å². The van der Waals surface area contributed by atoms with Gasteiger partial charge in [0.05, 0.1) is 53.8 Å². The van der Waals surface area contributed by atoms with Crippen molar-refractivity contribution in [3.63, 3.8) is 0 Å². The molecule has 0 saturated carbocycles. The number of esters is 2. The molecule has 0 bridgehead atoms. The van der Waals surface area contributed by atoms with Crippen molar-refractivity contribution in [2.45, 2.75) is 20.8 Å².